The Kier molecular flexibility index (Phi) is 10.2. The number of esters is 2. The molecular weight excluding hydrogens is 538 g/mol. The van der Waals surface area contributed by atoms with Gasteiger partial charge >= 0.3 is 18.0 Å². The Labute approximate surface area is 246 Å². The van der Waals surface area contributed by atoms with E-state index >= 15 is 0 Å². The topological polar surface area (TPSA) is 142 Å². The molecule has 0 aromatic heterocycles. The van der Waals surface area contributed by atoms with E-state index in [0.717, 1.165) is 31.6 Å². The molecule has 224 valence electrons. The van der Waals surface area contributed by atoms with E-state index in [2.05, 4.69) is 25.8 Å². The normalized spacial score (nSPS) is 19.1. The molecule has 0 aliphatic carbocycles. The number of nitrogens with one attached hydrogen (secondary N) is 3. The Morgan fingerprint density at radius 2 is 1.74 bits per heavy atom. The van der Waals surface area contributed by atoms with Crippen LogP contribution in [0, 0.1) is 5.92 Å². The van der Waals surface area contributed by atoms with Crippen molar-refractivity contribution in [1.82, 2.24) is 10.6 Å². The number of hydrogen-bond acceptors (Lipinski definition) is 9. The Morgan fingerprint density at radius 1 is 1.00 bits per heavy atom. The van der Waals surface area contributed by atoms with Crippen LogP contribution >= 0.6 is 0 Å². The number of methoxy groups -OCH3 is 2. The zero-order valence-electron chi connectivity index (χ0n) is 24.5. The van der Waals surface area contributed by atoms with Crippen LogP contribution in [0.2, 0.25) is 0 Å². The molecule has 1 saturated heterocycles. The van der Waals surface area contributed by atoms with Gasteiger partial charge in [0.2, 0.25) is 0 Å². The minimum atomic E-state index is -0.812. The van der Waals surface area contributed by atoms with Gasteiger partial charge in [0.15, 0.2) is 0 Å². The number of amides is 2. The number of allylic oxidation sites excluding steroid dienone is 1. The van der Waals surface area contributed by atoms with Crippen LogP contribution in [0.4, 0.5) is 16.2 Å². The van der Waals surface area contributed by atoms with Gasteiger partial charge in [-0.15, -0.1) is 0 Å². The number of phenols is 1. The van der Waals surface area contributed by atoms with Crippen LogP contribution in [-0.4, -0.2) is 75.2 Å². The molecule has 11 heteroatoms. The highest BCUT2D eigenvalue weighted by molar-refractivity contribution is 6.07. The Bertz CT molecular complexity index is 1370. The first-order valence-corrected chi connectivity index (χ1v) is 14.1. The SMILES string of the molecule is COC(=O)C1=C(C)N=C(C)C(C(=O)OC)C1c1cccc(NC(=O)NCCNC2CCN(c3ccccc3O)CC2)c1. The van der Waals surface area contributed by atoms with Crippen LogP contribution < -0.4 is 20.9 Å². The summed E-state index contributed by atoms with van der Waals surface area (Å²) in [4.78, 5) is 44.8. The first-order chi connectivity index (χ1) is 20.2. The quantitative estimate of drug-likeness (QED) is 0.262. The number of urea groups is 1. The summed E-state index contributed by atoms with van der Waals surface area (Å²) in [7, 11) is 2.58. The molecular formula is C31H39N5O6. The lowest BCUT2D eigenvalue weighted by Crippen LogP contribution is -2.45. The number of hydrogen-bond donors (Lipinski definition) is 4. The van der Waals surface area contributed by atoms with Gasteiger partial charge in [-0.25, -0.2) is 9.59 Å². The van der Waals surface area contributed by atoms with E-state index in [-0.39, 0.29) is 11.6 Å². The third kappa shape index (κ3) is 7.09. The second kappa shape index (κ2) is 14.0. The molecule has 2 heterocycles. The van der Waals surface area contributed by atoms with Crippen molar-refractivity contribution in [2.45, 2.75) is 38.6 Å². The van der Waals surface area contributed by atoms with Crippen molar-refractivity contribution in [2.24, 2.45) is 10.9 Å². The van der Waals surface area contributed by atoms with E-state index in [1.165, 1.54) is 14.2 Å². The molecule has 0 bridgehead atoms. The van der Waals surface area contributed by atoms with Gasteiger partial charge in [0, 0.05) is 55.2 Å². The van der Waals surface area contributed by atoms with Gasteiger partial charge in [0.05, 0.1) is 25.5 Å². The standard InChI is InChI=1S/C31H39N5O6/c1-19-26(29(38)41-3)28(27(20(2)34-19)30(39)42-4)21-8-7-9-23(18-21)35-31(40)33-15-14-32-22-12-16-36(17-13-22)24-10-5-6-11-25(24)37/h5-11,18,22,26,28,32,37H,12-17H2,1-4H3,(H2,33,35,40). The molecule has 2 atom stereocenters. The van der Waals surface area contributed by atoms with Crippen molar-refractivity contribution in [3.63, 3.8) is 0 Å². The van der Waals surface area contributed by atoms with Crippen LogP contribution in [0.15, 0.2) is 64.8 Å². The van der Waals surface area contributed by atoms with Gasteiger partial charge in [-0.2, -0.15) is 0 Å². The molecule has 42 heavy (non-hydrogen) atoms. The molecule has 2 aliphatic heterocycles. The highest BCUT2D eigenvalue weighted by Gasteiger charge is 2.42. The van der Waals surface area contributed by atoms with Gasteiger partial charge in [-0.05, 0) is 56.5 Å². The van der Waals surface area contributed by atoms with Crippen molar-refractivity contribution in [3.8, 4) is 5.75 Å². The van der Waals surface area contributed by atoms with Gasteiger partial charge in [0.1, 0.15) is 11.7 Å². The molecule has 0 radical (unpaired) electrons. The van der Waals surface area contributed by atoms with Crippen molar-refractivity contribution in [2.75, 3.05) is 50.6 Å². The summed E-state index contributed by atoms with van der Waals surface area (Å²) in [6.07, 6.45) is 1.87. The molecule has 4 N–H and O–H groups in total. The number of para-hydroxylation sites is 2. The molecule has 2 aromatic rings. The van der Waals surface area contributed by atoms with Crippen LogP contribution in [0.3, 0.4) is 0 Å². The van der Waals surface area contributed by atoms with E-state index in [0.29, 0.717) is 47.5 Å². The number of nitrogens with zero attached hydrogens (tertiary/aromatic N) is 2. The van der Waals surface area contributed by atoms with Crippen molar-refractivity contribution in [1.29, 1.82) is 0 Å². The van der Waals surface area contributed by atoms with E-state index in [1.807, 2.05) is 18.2 Å². The second-order valence-corrected chi connectivity index (χ2v) is 10.4. The van der Waals surface area contributed by atoms with Crippen LogP contribution in [0.25, 0.3) is 0 Å². The molecule has 2 amide bonds. The number of benzene rings is 2. The van der Waals surface area contributed by atoms with Crippen molar-refractivity contribution >= 4 is 35.1 Å². The monoisotopic (exact) mass is 577 g/mol. The predicted octanol–water partition coefficient (Wildman–Crippen LogP) is 3.57. The largest absolute Gasteiger partial charge is 0.506 e. The molecule has 2 unspecified atom stereocenters. The minimum Gasteiger partial charge on any atom is -0.506 e. The van der Waals surface area contributed by atoms with Crippen LogP contribution in [0.5, 0.6) is 5.75 Å². The number of aromatic hydroxyl groups is 1. The molecule has 2 aliphatic rings. The summed E-state index contributed by atoms with van der Waals surface area (Å²) in [5, 5.41) is 19.3. The fraction of sp³-hybridized carbons (Fsp3) is 0.419. The summed E-state index contributed by atoms with van der Waals surface area (Å²) >= 11 is 0. The maximum absolute atomic E-state index is 12.8. The van der Waals surface area contributed by atoms with Crippen molar-refractivity contribution in [3.05, 3.63) is 65.4 Å². The first kappa shape index (κ1) is 30.6. The summed E-state index contributed by atoms with van der Waals surface area (Å²) in [5.41, 5.74) is 3.30. The number of rotatable bonds is 9. The lowest BCUT2D eigenvalue weighted by molar-refractivity contribution is -0.143. The smallest absolute Gasteiger partial charge is 0.336 e. The summed E-state index contributed by atoms with van der Waals surface area (Å²) in [5.74, 6) is -2.29. The molecule has 0 spiro atoms. The summed E-state index contributed by atoms with van der Waals surface area (Å²) in [6.45, 7) is 6.17. The predicted molar refractivity (Wildman–Crippen MR) is 161 cm³/mol. The molecule has 4 rings (SSSR count). The second-order valence-electron chi connectivity index (χ2n) is 10.4. The molecule has 0 saturated carbocycles. The highest BCUT2D eigenvalue weighted by Crippen LogP contribution is 2.40. The fourth-order valence-corrected chi connectivity index (χ4v) is 5.70. The van der Waals surface area contributed by atoms with Gasteiger partial charge < -0.3 is 35.4 Å². The van der Waals surface area contributed by atoms with Crippen LogP contribution in [-0.2, 0) is 19.1 Å². The maximum atomic E-state index is 12.8. The first-order valence-electron chi connectivity index (χ1n) is 14.1. The lowest BCUT2D eigenvalue weighted by atomic mass is 9.75. The third-order valence-corrected chi connectivity index (χ3v) is 7.75. The lowest BCUT2D eigenvalue weighted by Gasteiger charge is -2.34. The average Bonchev–Trinajstić information content (AvgIpc) is 2.99. The average molecular weight is 578 g/mol. The van der Waals surface area contributed by atoms with E-state index in [4.69, 9.17) is 9.47 Å². The number of anilines is 2. The number of piperidine rings is 1. The van der Waals surface area contributed by atoms with Crippen molar-refractivity contribution < 1.29 is 29.0 Å². The maximum Gasteiger partial charge on any atom is 0.336 e. The van der Waals surface area contributed by atoms with Gasteiger partial charge in [0.25, 0.3) is 0 Å². The minimum absolute atomic E-state index is 0.276. The fourth-order valence-electron chi connectivity index (χ4n) is 5.70. The Morgan fingerprint density at radius 3 is 2.43 bits per heavy atom. The third-order valence-electron chi connectivity index (χ3n) is 7.75. The van der Waals surface area contributed by atoms with Gasteiger partial charge in [-0.3, -0.25) is 9.79 Å². The van der Waals surface area contributed by atoms with E-state index in [1.54, 1.807) is 44.2 Å². The number of phenolic OH excluding ortho intramolecular Hbond substituents is 1. The summed E-state index contributed by atoms with van der Waals surface area (Å²) < 4.78 is 10.1. The zero-order chi connectivity index (χ0) is 30.2. The van der Waals surface area contributed by atoms with E-state index in [9.17, 15) is 19.5 Å². The number of carbonyl (C=O) groups excluding carboxylic acids is 3. The van der Waals surface area contributed by atoms with Gasteiger partial charge in [-0.1, -0.05) is 24.3 Å². The van der Waals surface area contributed by atoms with Crippen LogP contribution in [0.1, 0.15) is 38.2 Å². The highest BCUT2D eigenvalue weighted by atomic mass is 16.5. The Hall–Kier alpha value is -4.38. The number of aliphatic imine (C=N–C) groups is 1. The Balaban J connectivity index is 1.32. The zero-order valence-corrected chi connectivity index (χ0v) is 24.5. The number of ether oxygens (including phenoxy) is 2. The molecule has 11 nitrogen and oxygen atoms in total. The number of carbonyl (C=O) groups is 3. The molecule has 1 fully saturated rings. The molecule has 2 aromatic carbocycles. The summed E-state index contributed by atoms with van der Waals surface area (Å²) in [6, 6.07) is 14.4. The van der Waals surface area contributed by atoms with E-state index < -0.39 is 23.8 Å².